The predicted octanol–water partition coefficient (Wildman–Crippen LogP) is 3.17. The zero-order valence-corrected chi connectivity index (χ0v) is 18.4. The number of likely N-dealkylation sites (tertiary alicyclic amines) is 1. The van der Waals surface area contributed by atoms with Crippen LogP contribution in [0.1, 0.15) is 40.5 Å². The lowest BCUT2D eigenvalue weighted by molar-refractivity contribution is 0.0372. The summed E-state index contributed by atoms with van der Waals surface area (Å²) in [6.07, 6.45) is 5.69. The average molecular weight is 456 g/mol. The van der Waals surface area contributed by atoms with Crippen molar-refractivity contribution in [3.8, 4) is 11.6 Å². The van der Waals surface area contributed by atoms with Crippen LogP contribution in [0.3, 0.4) is 0 Å². The van der Waals surface area contributed by atoms with Gasteiger partial charge in [0.25, 0.3) is 5.91 Å². The second-order valence-electron chi connectivity index (χ2n) is 7.43. The van der Waals surface area contributed by atoms with Gasteiger partial charge >= 0.3 is 5.97 Å². The lowest BCUT2D eigenvalue weighted by Crippen LogP contribution is -2.49. The van der Waals surface area contributed by atoms with Gasteiger partial charge in [0.2, 0.25) is 5.88 Å². The molecule has 1 saturated heterocycles. The number of aromatic nitrogens is 4. The Kier molecular flexibility index (Phi) is 6.36. The number of carbonyl (C=O) groups excluding carboxylic acids is 2. The molecule has 3 heterocycles. The number of hydrogen-bond donors (Lipinski definition) is 0. The van der Waals surface area contributed by atoms with Gasteiger partial charge < -0.3 is 14.4 Å². The molecule has 0 spiro atoms. The number of pyridine rings is 1. The molecule has 1 aliphatic rings. The standard InChI is InChI=1S/C22H22ClN5O4/c1-14-7-8-15(32-20-19(23)17(9-10-24-20)22(30)31-2)13-27(14)21(29)16-5-3-4-6-18(16)28-25-11-12-26-28/h3-6,9-12,14-15H,7-8,13H2,1-2H3/t14-,15-/m1/s1. The van der Waals surface area contributed by atoms with Gasteiger partial charge in [-0.1, -0.05) is 23.7 Å². The van der Waals surface area contributed by atoms with E-state index in [2.05, 4.69) is 15.2 Å². The molecule has 4 rings (SSSR count). The minimum absolute atomic E-state index is 0.0193. The second-order valence-corrected chi connectivity index (χ2v) is 7.81. The zero-order valence-electron chi connectivity index (χ0n) is 17.6. The lowest BCUT2D eigenvalue weighted by Gasteiger charge is -2.38. The fourth-order valence-corrected chi connectivity index (χ4v) is 3.94. The van der Waals surface area contributed by atoms with Gasteiger partial charge in [-0.3, -0.25) is 4.79 Å². The molecule has 9 nitrogen and oxygen atoms in total. The van der Waals surface area contributed by atoms with Crippen LogP contribution in [-0.4, -0.2) is 62.6 Å². The molecular formula is C22H22ClN5O4. The number of halogens is 1. The summed E-state index contributed by atoms with van der Waals surface area (Å²) in [7, 11) is 1.28. The molecule has 0 N–H and O–H groups in total. The van der Waals surface area contributed by atoms with Crippen LogP contribution in [0.25, 0.3) is 5.69 Å². The Bertz CT molecular complexity index is 1120. The number of methoxy groups -OCH3 is 1. The van der Waals surface area contributed by atoms with Crippen LogP contribution in [0.2, 0.25) is 5.02 Å². The van der Waals surface area contributed by atoms with E-state index in [1.54, 1.807) is 29.4 Å². The summed E-state index contributed by atoms with van der Waals surface area (Å²) in [6, 6.07) is 8.70. The van der Waals surface area contributed by atoms with E-state index in [-0.39, 0.29) is 34.5 Å². The highest BCUT2D eigenvalue weighted by molar-refractivity contribution is 6.34. The molecule has 0 saturated carbocycles. The van der Waals surface area contributed by atoms with Gasteiger partial charge in [0.05, 0.1) is 42.9 Å². The first-order valence-electron chi connectivity index (χ1n) is 10.2. The summed E-state index contributed by atoms with van der Waals surface area (Å²) < 4.78 is 10.8. The van der Waals surface area contributed by atoms with Gasteiger partial charge in [0, 0.05) is 12.2 Å². The number of benzene rings is 1. The van der Waals surface area contributed by atoms with E-state index in [1.807, 2.05) is 19.1 Å². The number of hydrogen-bond acceptors (Lipinski definition) is 7. The van der Waals surface area contributed by atoms with Gasteiger partial charge in [0.15, 0.2) is 0 Å². The van der Waals surface area contributed by atoms with Crippen molar-refractivity contribution in [3.05, 3.63) is 65.1 Å². The van der Waals surface area contributed by atoms with E-state index in [0.717, 1.165) is 6.42 Å². The van der Waals surface area contributed by atoms with Crippen molar-refractivity contribution < 1.29 is 19.1 Å². The maximum atomic E-state index is 13.5. The van der Waals surface area contributed by atoms with Crippen molar-refractivity contribution >= 4 is 23.5 Å². The predicted molar refractivity (Wildman–Crippen MR) is 116 cm³/mol. The van der Waals surface area contributed by atoms with Crippen molar-refractivity contribution in [1.29, 1.82) is 0 Å². The minimum atomic E-state index is -0.569. The van der Waals surface area contributed by atoms with Gasteiger partial charge in [-0.25, -0.2) is 9.78 Å². The van der Waals surface area contributed by atoms with Crippen molar-refractivity contribution in [2.24, 2.45) is 0 Å². The highest BCUT2D eigenvalue weighted by atomic mass is 35.5. The molecule has 0 bridgehead atoms. The Morgan fingerprint density at radius 1 is 1.06 bits per heavy atom. The van der Waals surface area contributed by atoms with Gasteiger partial charge in [-0.2, -0.15) is 15.0 Å². The van der Waals surface area contributed by atoms with Crippen molar-refractivity contribution in [2.75, 3.05) is 13.7 Å². The minimum Gasteiger partial charge on any atom is -0.471 e. The van der Waals surface area contributed by atoms with Crippen molar-refractivity contribution in [2.45, 2.75) is 31.9 Å². The summed E-state index contributed by atoms with van der Waals surface area (Å²) in [5.74, 6) is -0.566. The number of esters is 1. The van der Waals surface area contributed by atoms with Crippen LogP contribution < -0.4 is 4.74 Å². The number of para-hydroxylation sites is 1. The van der Waals surface area contributed by atoms with Crippen LogP contribution in [0.15, 0.2) is 48.9 Å². The van der Waals surface area contributed by atoms with Gasteiger partial charge in [-0.05, 0) is 38.0 Å². The molecule has 3 aromatic rings. The monoisotopic (exact) mass is 455 g/mol. The number of rotatable bonds is 5. The van der Waals surface area contributed by atoms with Crippen LogP contribution in [-0.2, 0) is 4.74 Å². The second kappa shape index (κ2) is 9.35. The third-order valence-corrected chi connectivity index (χ3v) is 5.77. The maximum absolute atomic E-state index is 13.5. The molecule has 1 aliphatic heterocycles. The topological polar surface area (TPSA) is 99.4 Å². The Morgan fingerprint density at radius 3 is 2.56 bits per heavy atom. The van der Waals surface area contributed by atoms with E-state index >= 15 is 0 Å². The van der Waals surface area contributed by atoms with Crippen molar-refractivity contribution in [3.63, 3.8) is 0 Å². The fourth-order valence-electron chi connectivity index (χ4n) is 3.71. The Morgan fingerprint density at radius 2 is 1.81 bits per heavy atom. The Labute approximate surface area is 189 Å². The highest BCUT2D eigenvalue weighted by Gasteiger charge is 2.32. The van der Waals surface area contributed by atoms with Gasteiger partial charge in [0.1, 0.15) is 11.1 Å². The smallest absolute Gasteiger partial charge is 0.339 e. The third kappa shape index (κ3) is 4.29. The summed E-state index contributed by atoms with van der Waals surface area (Å²) in [6.45, 7) is 2.35. The SMILES string of the molecule is COC(=O)c1ccnc(O[C@@H]2CC[C@@H](C)N(C(=O)c3ccccc3-n3nccn3)C2)c1Cl. The maximum Gasteiger partial charge on any atom is 0.339 e. The molecule has 1 amide bonds. The van der Waals surface area contributed by atoms with Crippen LogP contribution in [0.4, 0.5) is 0 Å². The zero-order chi connectivity index (χ0) is 22.7. The summed E-state index contributed by atoms with van der Waals surface area (Å²) >= 11 is 6.32. The first kappa shape index (κ1) is 21.8. The molecule has 32 heavy (non-hydrogen) atoms. The van der Waals surface area contributed by atoms with E-state index in [4.69, 9.17) is 21.1 Å². The quantitative estimate of drug-likeness (QED) is 0.545. The fraction of sp³-hybridized carbons (Fsp3) is 0.318. The number of ether oxygens (including phenoxy) is 2. The molecule has 2 atom stereocenters. The third-order valence-electron chi connectivity index (χ3n) is 5.41. The largest absolute Gasteiger partial charge is 0.471 e. The molecule has 1 fully saturated rings. The molecule has 0 radical (unpaired) electrons. The highest BCUT2D eigenvalue weighted by Crippen LogP contribution is 2.30. The molecular weight excluding hydrogens is 434 g/mol. The summed E-state index contributed by atoms with van der Waals surface area (Å²) in [5, 5.41) is 8.39. The first-order valence-corrected chi connectivity index (χ1v) is 10.5. The molecule has 0 unspecified atom stereocenters. The molecule has 2 aromatic heterocycles. The average Bonchev–Trinajstić information content (AvgIpc) is 3.35. The molecule has 1 aromatic carbocycles. The van der Waals surface area contributed by atoms with E-state index in [1.165, 1.54) is 24.2 Å². The summed E-state index contributed by atoms with van der Waals surface area (Å²) in [4.78, 5) is 32.7. The molecule has 166 valence electrons. The van der Waals surface area contributed by atoms with Gasteiger partial charge in [-0.15, -0.1) is 0 Å². The molecule has 0 aliphatic carbocycles. The number of carbonyl (C=O) groups is 2. The van der Waals surface area contributed by atoms with Crippen LogP contribution >= 0.6 is 11.6 Å². The van der Waals surface area contributed by atoms with Crippen LogP contribution in [0.5, 0.6) is 5.88 Å². The lowest BCUT2D eigenvalue weighted by atomic mass is 9.99. The number of amides is 1. The van der Waals surface area contributed by atoms with E-state index in [9.17, 15) is 9.59 Å². The van der Waals surface area contributed by atoms with E-state index in [0.29, 0.717) is 24.2 Å². The normalized spacial score (nSPS) is 18.3. The molecule has 10 heteroatoms. The van der Waals surface area contributed by atoms with E-state index < -0.39 is 5.97 Å². The summed E-state index contributed by atoms with van der Waals surface area (Å²) in [5.41, 5.74) is 1.28. The number of piperidine rings is 1. The Hall–Kier alpha value is -3.46. The van der Waals surface area contributed by atoms with Crippen molar-refractivity contribution in [1.82, 2.24) is 24.9 Å². The van der Waals surface area contributed by atoms with Crippen LogP contribution in [0, 0.1) is 0 Å². The first-order chi connectivity index (χ1) is 15.5. The Balaban J connectivity index is 1.55. The number of nitrogens with zero attached hydrogens (tertiary/aromatic N) is 5.